The van der Waals surface area contributed by atoms with Crippen LogP contribution in [0.2, 0.25) is 0 Å². The van der Waals surface area contributed by atoms with Gasteiger partial charge in [0.1, 0.15) is 5.92 Å². The lowest BCUT2D eigenvalue weighted by Crippen LogP contribution is -2.35. The zero-order chi connectivity index (χ0) is 28.2. The summed E-state index contributed by atoms with van der Waals surface area (Å²) in [6.07, 6.45) is 1.19. The van der Waals surface area contributed by atoms with Crippen LogP contribution < -0.4 is 9.62 Å². The summed E-state index contributed by atoms with van der Waals surface area (Å²) in [6.45, 7) is 2.88. The SMILES string of the molecule is CCOC(=O)c1ccc2c(c1)NC(=O)C2C(=Nc1ccc(N(CCN(C)C)S(C)(=O)=O)cc1)c1ccccc1. The van der Waals surface area contributed by atoms with Gasteiger partial charge in [0.25, 0.3) is 0 Å². The van der Waals surface area contributed by atoms with Crippen molar-refractivity contribution in [2.45, 2.75) is 12.8 Å². The third-order valence-electron chi connectivity index (χ3n) is 6.28. The van der Waals surface area contributed by atoms with E-state index in [9.17, 15) is 18.0 Å². The molecule has 10 heteroatoms. The van der Waals surface area contributed by atoms with Gasteiger partial charge in [-0.25, -0.2) is 13.2 Å². The molecule has 0 fully saturated rings. The number of nitrogens with zero attached hydrogens (tertiary/aromatic N) is 3. The van der Waals surface area contributed by atoms with Crippen LogP contribution in [-0.2, 0) is 19.6 Å². The number of fused-ring (bicyclic) bond motifs is 1. The van der Waals surface area contributed by atoms with E-state index in [-0.39, 0.29) is 12.5 Å². The van der Waals surface area contributed by atoms with Gasteiger partial charge in [-0.1, -0.05) is 36.4 Å². The van der Waals surface area contributed by atoms with Crippen LogP contribution in [0.1, 0.15) is 34.3 Å². The minimum atomic E-state index is -3.47. The lowest BCUT2D eigenvalue weighted by Gasteiger charge is -2.24. The molecule has 0 radical (unpaired) electrons. The maximum absolute atomic E-state index is 13.2. The first kappa shape index (κ1) is 28.0. The Morgan fingerprint density at radius 2 is 1.67 bits per heavy atom. The van der Waals surface area contributed by atoms with Crippen LogP contribution in [-0.4, -0.2) is 71.0 Å². The molecule has 1 unspecified atom stereocenters. The van der Waals surface area contributed by atoms with E-state index in [1.807, 2.05) is 49.3 Å². The van der Waals surface area contributed by atoms with Crippen LogP contribution >= 0.6 is 0 Å². The van der Waals surface area contributed by atoms with Gasteiger partial charge in [-0.2, -0.15) is 0 Å². The smallest absolute Gasteiger partial charge is 0.338 e. The highest BCUT2D eigenvalue weighted by Crippen LogP contribution is 2.37. The number of likely N-dealkylation sites (N-methyl/N-ethyl adjacent to an activating group) is 1. The zero-order valence-electron chi connectivity index (χ0n) is 22.4. The second-order valence-electron chi connectivity index (χ2n) is 9.46. The van der Waals surface area contributed by atoms with Crippen LogP contribution in [0.25, 0.3) is 0 Å². The van der Waals surface area contributed by atoms with Crippen LogP contribution in [0.5, 0.6) is 0 Å². The van der Waals surface area contributed by atoms with E-state index in [0.717, 1.165) is 5.56 Å². The van der Waals surface area contributed by atoms with Crippen molar-refractivity contribution in [1.82, 2.24) is 4.90 Å². The molecule has 9 nitrogen and oxygen atoms in total. The highest BCUT2D eigenvalue weighted by molar-refractivity contribution is 7.92. The summed E-state index contributed by atoms with van der Waals surface area (Å²) in [6, 6.07) is 21.3. The Labute approximate surface area is 229 Å². The summed E-state index contributed by atoms with van der Waals surface area (Å²) in [4.78, 5) is 32.2. The normalized spacial score (nSPS) is 15.2. The van der Waals surface area contributed by atoms with Gasteiger partial charge in [0.2, 0.25) is 15.9 Å². The predicted molar refractivity (Wildman–Crippen MR) is 154 cm³/mol. The number of hydrogen-bond acceptors (Lipinski definition) is 7. The van der Waals surface area contributed by atoms with Crippen molar-refractivity contribution in [1.29, 1.82) is 0 Å². The van der Waals surface area contributed by atoms with Crippen molar-refractivity contribution >= 4 is 44.7 Å². The number of anilines is 2. The molecule has 4 rings (SSSR count). The van der Waals surface area contributed by atoms with Crippen molar-refractivity contribution in [2.75, 3.05) is 49.7 Å². The highest BCUT2D eigenvalue weighted by atomic mass is 32.2. The van der Waals surface area contributed by atoms with Crippen molar-refractivity contribution in [3.05, 3.63) is 89.5 Å². The second-order valence-corrected chi connectivity index (χ2v) is 11.4. The van der Waals surface area contributed by atoms with Gasteiger partial charge in [0.05, 0.1) is 35.5 Å². The fourth-order valence-corrected chi connectivity index (χ4v) is 5.31. The number of sulfonamides is 1. The fourth-order valence-electron chi connectivity index (χ4n) is 4.39. The maximum Gasteiger partial charge on any atom is 0.338 e. The molecule has 1 heterocycles. The molecular weight excluding hydrogens is 516 g/mol. The van der Waals surface area contributed by atoms with Gasteiger partial charge in [-0.3, -0.25) is 14.1 Å². The Kier molecular flexibility index (Phi) is 8.47. The number of ether oxygens (including phenoxy) is 1. The number of esters is 1. The van der Waals surface area contributed by atoms with Crippen molar-refractivity contribution in [2.24, 2.45) is 4.99 Å². The van der Waals surface area contributed by atoms with Gasteiger partial charge in [-0.05, 0) is 68.5 Å². The quantitative estimate of drug-likeness (QED) is 0.303. The molecule has 3 aromatic carbocycles. The predicted octanol–water partition coefficient (Wildman–Crippen LogP) is 4.05. The first-order valence-corrected chi connectivity index (χ1v) is 14.4. The largest absolute Gasteiger partial charge is 0.462 e. The number of carbonyl (C=O) groups is 2. The number of carbonyl (C=O) groups excluding carboxylic acids is 2. The standard InChI is InChI=1S/C29H32N4O5S/c1-5-38-29(35)21-11-16-24-25(19-21)31-28(34)26(24)27(20-9-7-6-8-10-20)30-22-12-14-23(15-13-22)33(39(4,36)37)18-17-32(2)3/h6-16,19,26H,5,17-18H2,1-4H3,(H,31,34). The Hall–Kier alpha value is -4.02. The van der Waals surface area contributed by atoms with E-state index in [0.29, 0.717) is 47.0 Å². The van der Waals surface area contributed by atoms with Crippen molar-refractivity contribution in [3.63, 3.8) is 0 Å². The van der Waals surface area contributed by atoms with E-state index in [4.69, 9.17) is 9.73 Å². The first-order valence-electron chi connectivity index (χ1n) is 12.6. The Morgan fingerprint density at radius 3 is 2.28 bits per heavy atom. The molecule has 0 saturated heterocycles. The summed E-state index contributed by atoms with van der Waals surface area (Å²) in [5, 5.41) is 2.88. The van der Waals surface area contributed by atoms with E-state index in [1.165, 1.54) is 10.6 Å². The van der Waals surface area contributed by atoms with Gasteiger partial charge in [0, 0.05) is 18.8 Å². The molecule has 0 bridgehead atoms. The molecule has 1 N–H and O–H groups in total. The summed E-state index contributed by atoms with van der Waals surface area (Å²) < 4.78 is 31.3. The number of nitrogens with one attached hydrogen (secondary N) is 1. The average Bonchev–Trinajstić information content (AvgIpc) is 3.22. The topological polar surface area (TPSA) is 108 Å². The summed E-state index contributed by atoms with van der Waals surface area (Å²) >= 11 is 0. The molecule has 0 spiro atoms. The van der Waals surface area contributed by atoms with Crippen molar-refractivity contribution in [3.8, 4) is 0 Å². The van der Waals surface area contributed by atoms with Gasteiger partial charge in [0.15, 0.2) is 0 Å². The zero-order valence-corrected chi connectivity index (χ0v) is 23.2. The van der Waals surface area contributed by atoms with Crippen LogP contribution in [0.3, 0.4) is 0 Å². The molecule has 0 aliphatic carbocycles. The lowest BCUT2D eigenvalue weighted by atomic mass is 9.90. The number of hydrogen-bond donors (Lipinski definition) is 1. The Balaban J connectivity index is 1.73. The Morgan fingerprint density at radius 1 is 0.974 bits per heavy atom. The molecule has 1 aliphatic heterocycles. The van der Waals surface area contributed by atoms with E-state index < -0.39 is 21.9 Å². The first-order chi connectivity index (χ1) is 18.6. The van der Waals surface area contributed by atoms with Crippen LogP contribution in [0.4, 0.5) is 17.1 Å². The molecule has 0 aromatic heterocycles. The Bertz CT molecular complexity index is 1490. The van der Waals surface area contributed by atoms with Gasteiger partial charge >= 0.3 is 5.97 Å². The summed E-state index contributed by atoms with van der Waals surface area (Å²) in [5.74, 6) is -1.41. The fraction of sp³-hybridized carbons (Fsp3) is 0.276. The second kappa shape index (κ2) is 11.8. The molecular formula is C29H32N4O5S. The van der Waals surface area contributed by atoms with Crippen molar-refractivity contribution < 1.29 is 22.7 Å². The van der Waals surface area contributed by atoms with Crippen LogP contribution in [0, 0.1) is 0 Å². The molecule has 1 atom stereocenters. The van der Waals surface area contributed by atoms with Crippen LogP contribution in [0.15, 0.2) is 77.8 Å². The minimum Gasteiger partial charge on any atom is -0.462 e. The van der Waals surface area contributed by atoms with Gasteiger partial charge in [-0.15, -0.1) is 0 Å². The number of amides is 1. The maximum atomic E-state index is 13.2. The molecule has 3 aromatic rings. The third-order valence-corrected chi connectivity index (χ3v) is 7.47. The number of benzene rings is 3. The lowest BCUT2D eigenvalue weighted by molar-refractivity contribution is -0.115. The highest BCUT2D eigenvalue weighted by Gasteiger charge is 2.36. The van der Waals surface area contributed by atoms with E-state index in [2.05, 4.69) is 5.32 Å². The molecule has 0 saturated carbocycles. The third kappa shape index (κ3) is 6.52. The minimum absolute atomic E-state index is 0.253. The van der Waals surface area contributed by atoms with E-state index in [1.54, 1.807) is 49.4 Å². The van der Waals surface area contributed by atoms with Gasteiger partial charge < -0.3 is 15.0 Å². The number of aliphatic imine (C=N–C) groups is 1. The molecule has 39 heavy (non-hydrogen) atoms. The molecule has 1 aliphatic rings. The van der Waals surface area contributed by atoms with E-state index >= 15 is 0 Å². The summed E-state index contributed by atoms with van der Waals surface area (Å²) in [7, 11) is 0.300. The molecule has 204 valence electrons. The summed E-state index contributed by atoms with van der Waals surface area (Å²) in [5.41, 5.74) is 4.02. The average molecular weight is 549 g/mol. The monoisotopic (exact) mass is 548 g/mol. The number of rotatable bonds is 10. The molecule has 1 amide bonds.